The lowest BCUT2D eigenvalue weighted by atomic mass is 10.1. The Morgan fingerprint density at radius 1 is 1.30 bits per heavy atom. The summed E-state index contributed by atoms with van der Waals surface area (Å²) in [7, 11) is -2.98. The molecule has 0 spiro atoms. The van der Waals surface area contributed by atoms with Gasteiger partial charge in [-0.15, -0.1) is 0 Å². The summed E-state index contributed by atoms with van der Waals surface area (Å²) in [6, 6.07) is 6.14. The molecule has 0 radical (unpaired) electrons. The van der Waals surface area contributed by atoms with Gasteiger partial charge in [-0.05, 0) is 44.5 Å². The van der Waals surface area contributed by atoms with E-state index < -0.39 is 9.84 Å². The summed E-state index contributed by atoms with van der Waals surface area (Å²) in [5.74, 6) is 0.349. The quantitative estimate of drug-likeness (QED) is 0.901. The van der Waals surface area contributed by atoms with Gasteiger partial charge in [-0.2, -0.15) is 0 Å². The molecule has 7 heteroatoms. The van der Waals surface area contributed by atoms with Crippen molar-refractivity contribution in [2.24, 2.45) is 0 Å². The standard InChI is InChI=1S/C16H23N3O2S2/c1-4-18(5-2)12-6-7-13(11(3)8-12)19-14-9-23(20,21)10-15(14)22-16(19)17/h6-8,14-15,17H,4-5,9-10H2,1-3H3/t14-,15+/m0/s1. The van der Waals surface area contributed by atoms with Crippen molar-refractivity contribution in [2.75, 3.05) is 34.4 Å². The average molecular weight is 354 g/mol. The molecule has 0 bridgehead atoms. The number of nitrogens with zero attached hydrogens (tertiary/aromatic N) is 2. The molecular formula is C16H23N3O2S2. The van der Waals surface area contributed by atoms with Gasteiger partial charge in [0.1, 0.15) is 0 Å². The predicted octanol–water partition coefficient (Wildman–Crippen LogP) is 2.49. The van der Waals surface area contributed by atoms with Gasteiger partial charge in [0.25, 0.3) is 0 Å². The first kappa shape index (κ1) is 16.6. The van der Waals surface area contributed by atoms with Crippen LogP contribution in [0.15, 0.2) is 18.2 Å². The van der Waals surface area contributed by atoms with E-state index in [1.54, 1.807) is 0 Å². The molecule has 1 aromatic carbocycles. The molecule has 0 aromatic heterocycles. The monoisotopic (exact) mass is 353 g/mol. The maximum absolute atomic E-state index is 11.9. The van der Waals surface area contributed by atoms with Gasteiger partial charge < -0.3 is 9.80 Å². The minimum Gasteiger partial charge on any atom is -0.372 e. The molecule has 0 unspecified atom stereocenters. The minimum absolute atomic E-state index is 0.00522. The number of rotatable bonds is 4. The number of nitrogens with one attached hydrogen (secondary N) is 1. The zero-order valence-electron chi connectivity index (χ0n) is 13.7. The van der Waals surface area contributed by atoms with E-state index in [-0.39, 0.29) is 22.8 Å². The van der Waals surface area contributed by atoms with E-state index in [1.165, 1.54) is 17.4 Å². The fourth-order valence-electron chi connectivity index (χ4n) is 3.48. The lowest BCUT2D eigenvalue weighted by Crippen LogP contribution is -2.37. The number of thioether (sulfide) groups is 1. The van der Waals surface area contributed by atoms with Crippen LogP contribution in [0.5, 0.6) is 0 Å². The second kappa shape index (κ2) is 6.02. The SMILES string of the molecule is CCN(CC)c1ccc(N2C(=N)S[C@@H]3CS(=O)(=O)C[C@@H]32)c(C)c1. The lowest BCUT2D eigenvalue weighted by Gasteiger charge is -2.28. The number of benzene rings is 1. The Morgan fingerprint density at radius 3 is 2.61 bits per heavy atom. The summed E-state index contributed by atoms with van der Waals surface area (Å²) in [5, 5.41) is 8.72. The van der Waals surface area contributed by atoms with Gasteiger partial charge in [-0.25, -0.2) is 8.42 Å². The van der Waals surface area contributed by atoms with Crippen LogP contribution in [-0.2, 0) is 9.84 Å². The molecule has 0 aliphatic carbocycles. The van der Waals surface area contributed by atoms with E-state index >= 15 is 0 Å². The third-order valence-corrected chi connectivity index (χ3v) is 7.78. The van der Waals surface area contributed by atoms with Crippen molar-refractivity contribution in [2.45, 2.75) is 32.1 Å². The molecule has 0 amide bonds. The van der Waals surface area contributed by atoms with Crippen LogP contribution in [-0.4, -0.2) is 49.5 Å². The van der Waals surface area contributed by atoms with Gasteiger partial charge in [-0.1, -0.05) is 11.8 Å². The Kier molecular flexibility index (Phi) is 4.35. The Morgan fingerprint density at radius 2 is 2.00 bits per heavy atom. The van der Waals surface area contributed by atoms with Gasteiger partial charge in [0, 0.05) is 29.7 Å². The summed E-state index contributed by atoms with van der Waals surface area (Å²) in [5.41, 5.74) is 3.22. The van der Waals surface area contributed by atoms with Gasteiger partial charge in [0.15, 0.2) is 15.0 Å². The van der Waals surface area contributed by atoms with Gasteiger partial charge in [0.2, 0.25) is 0 Å². The van der Waals surface area contributed by atoms with Gasteiger partial charge >= 0.3 is 0 Å². The molecule has 3 rings (SSSR count). The zero-order valence-corrected chi connectivity index (χ0v) is 15.4. The molecule has 2 aliphatic rings. The highest BCUT2D eigenvalue weighted by Crippen LogP contribution is 2.41. The van der Waals surface area contributed by atoms with Crippen LogP contribution >= 0.6 is 11.8 Å². The smallest absolute Gasteiger partial charge is 0.161 e. The lowest BCUT2D eigenvalue weighted by molar-refractivity contribution is 0.601. The number of hydrogen-bond acceptors (Lipinski definition) is 5. The van der Waals surface area contributed by atoms with Crippen LogP contribution in [0.1, 0.15) is 19.4 Å². The molecule has 2 heterocycles. The number of fused-ring (bicyclic) bond motifs is 1. The molecular weight excluding hydrogens is 330 g/mol. The number of hydrogen-bond donors (Lipinski definition) is 1. The summed E-state index contributed by atoms with van der Waals surface area (Å²) in [6.45, 7) is 8.21. The van der Waals surface area contributed by atoms with Crippen molar-refractivity contribution >= 4 is 38.1 Å². The van der Waals surface area contributed by atoms with E-state index in [0.29, 0.717) is 5.17 Å². The van der Waals surface area contributed by atoms with E-state index in [4.69, 9.17) is 5.41 Å². The van der Waals surface area contributed by atoms with Crippen molar-refractivity contribution in [1.82, 2.24) is 0 Å². The van der Waals surface area contributed by atoms with Crippen LogP contribution in [0.25, 0.3) is 0 Å². The third-order valence-electron chi connectivity index (χ3n) is 4.65. The number of sulfone groups is 1. The summed E-state index contributed by atoms with van der Waals surface area (Å²) < 4.78 is 23.8. The second-order valence-corrected chi connectivity index (χ2v) is 9.50. The van der Waals surface area contributed by atoms with E-state index in [9.17, 15) is 8.42 Å². The van der Waals surface area contributed by atoms with Crippen molar-refractivity contribution < 1.29 is 8.42 Å². The fourth-order valence-corrected chi connectivity index (χ4v) is 7.27. The summed E-state index contributed by atoms with van der Waals surface area (Å²) in [4.78, 5) is 4.20. The maximum Gasteiger partial charge on any atom is 0.161 e. The van der Waals surface area contributed by atoms with E-state index in [0.717, 1.165) is 24.3 Å². The molecule has 2 saturated heterocycles. The summed E-state index contributed by atoms with van der Waals surface area (Å²) >= 11 is 1.39. The van der Waals surface area contributed by atoms with Crippen LogP contribution in [0, 0.1) is 12.3 Å². The van der Waals surface area contributed by atoms with Gasteiger partial charge in [-0.3, -0.25) is 5.41 Å². The first-order valence-electron chi connectivity index (χ1n) is 7.96. The highest BCUT2D eigenvalue weighted by atomic mass is 32.2. The number of amidine groups is 1. The number of anilines is 2. The molecule has 2 aliphatic heterocycles. The highest BCUT2D eigenvalue weighted by Gasteiger charge is 2.48. The van der Waals surface area contributed by atoms with Crippen molar-refractivity contribution in [3.8, 4) is 0 Å². The largest absolute Gasteiger partial charge is 0.372 e. The molecule has 126 valence electrons. The molecule has 1 aromatic rings. The normalized spacial score (nSPS) is 25.7. The van der Waals surface area contributed by atoms with Crippen LogP contribution in [0.3, 0.4) is 0 Å². The topological polar surface area (TPSA) is 64.5 Å². The van der Waals surface area contributed by atoms with E-state index in [2.05, 4.69) is 30.9 Å². The van der Waals surface area contributed by atoms with Gasteiger partial charge in [0.05, 0.1) is 17.5 Å². The zero-order chi connectivity index (χ0) is 16.8. The maximum atomic E-state index is 11.9. The Balaban J connectivity index is 1.94. The summed E-state index contributed by atoms with van der Waals surface area (Å²) in [6.07, 6.45) is 0. The molecule has 23 heavy (non-hydrogen) atoms. The van der Waals surface area contributed by atoms with Crippen molar-refractivity contribution in [1.29, 1.82) is 5.41 Å². The third kappa shape index (κ3) is 2.96. The first-order chi connectivity index (χ1) is 10.9. The van der Waals surface area contributed by atoms with Crippen LogP contribution in [0.2, 0.25) is 0 Å². The second-order valence-electron chi connectivity index (χ2n) is 6.12. The molecule has 1 N–H and O–H groups in total. The Hall–Kier alpha value is -1.21. The molecule has 2 fully saturated rings. The Bertz CT molecular complexity index is 729. The minimum atomic E-state index is -2.98. The van der Waals surface area contributed by atoms with Crippen LogP contribution < -0.4 is 9.80 Å². The van der Waals surface area contributed by atoms with Crippen LogP contribution in [0.4, 0.5) is 11.4 Å². The number of aryl methyl sites for hydroxylation is 1. The molecule has 2 atom stereocenters. The average Bonchev–Trinajstić information content (AvgIpc) is 2.91. The predicted molar refractivity (Wildman–Crippen MR) is 98.8 cm³/mol. The molecule has 5 nitrogen and oxygen atoms in total. The Labute approximate surface area is 142 Å². The fraction of sp³-hybridized carbons (Fsp3) is 0.562. The van der Waals surface area contributed by atoms with Crippen molar-refractivity contribution in [3.05, 3.63) is 23.8 Å². The molecule has 0 saturated carbocycles. The van der Waals surface area contributed by atoms with E-state index in [1.807, 2.05) is 17.9 Å². The van der Waals surface area contributed by atoms with Crippen molar-refractivity contribution in [3.63, 3.8) is 0 Å². The first-order valence-corrected chi connectivity index (χ1v) is 10.7. The highest BCUT2D eigenvalue weighted by molar-refractivity contribution is 8.15.